The van der Waals surface area contributed by atoms with Gasteiger partial charge in [0.15, 0.2) is 0 Å². The van der Waals surface area contributed by atoms with Crippen molar-refractivity contribution in [2.45, 2.75) is 12.8 Å². The van der Waals surface area contributed by atoms with E-state index in [1.165, 1.54) is 5.69 Å². The maximum atomic E-state index is 12.5. The van der Waals surface area contributed by atoms with Crippen LogP contribution in [0.15, 0.2) is 30.3 Å². The van der Waals surface area contributed by atoms with Crippen molar-refractivity contribution in [3.05, 3.63) is 30.3 Å². The molecule has 0 bridgehead atoms. The molecule has 2 aliphatic rings. The Labute approximate surface area is 132 Å². The van der Waals surface area contributed by atoms with Gasteiger partial charge in [-0.25, -0.2) is 0 Å². The van der Waals surface area contributed by atoms with E-state index in [0.717, 1.165) is 52.1 Å². The molecule has 5 heteroatoms. The third-order valence-electron chi connectivity index (χ3n) is 4.40. The van der Waals surface area contributed by atoms with Crippen LogP contribution in [-0.4, -0.2) is 50.1 Å². The summed E-state index contributed by atoms with van der Waals surface area (Å²) in [5.41, 5.74) is 1.27. The van der Waals surface area contributed by atoms with Gasteiger partial charge in [0.1, 0.15) is 0 Å². The summed E-state index contributed by atoms with van der Waals surface area (Å²) in [7, 11) is 0. The first-order chi connectivity index (χ1) is 9.84. The van der Waals surface area contributed by atoms with Gasteiger partial charge in [-0.1, -0.05) is 18.2 Å². The number of carbonyl (C=O) groups is 1. The smallest absolute Gasteiger partial charge is 0.225 e. The predicted octanol–water partition coefficient (Wildman–Crippen LogP) is 1.76. The van der Waals surface area contributed by atoms with Crippen LogP contribution in [0.3, 0.4) is 0 Å². The zero-order chi connectivity index (χ0) is 13.8. The van der Waals surface area contributed by atoms with Crippen molar-refractivity contribution in [1.29, 1.82) is 0 Å². The van der Waals surface area contributed by atoms with Crippen LogP contribution < -0.4 is 10.2 Å². The molecule has 1 aromatic rings. The summed E-state index contributed by atoms with van der Waals surface area (Å²) in [5, 5.41) is 3.32. The largest absolute Gasteiger partial charge is 0.368 e. The van der Waals surface area contributed by atoms with Gasteiger partial charge in [0, 0.05) is 37.8 Å². The molecule has 1 N–H and O–H groups in total. The molecular weight excluding hydrogens is 286 g/mol. The van der Waals surface area contributed by atoms with E-state index >= 15 is 0 Å². The molecule has 2 aliphatic heterocycles. The highest BCUT2D eigenvalue weighted by Gasteiger charge is 2.28. The zero-order valence-corrected chi connectivity index (χ0v) is 13.1. The van der Waals surface area contributed by atoms with Crippen LogP contribution in [0.2, 0.25) is 0 Å². The maximum absolute atomic E-state index is 12.5. The molecule has 0 aliphatic carbocycles. The molecule has 0 atom stereocenters. The van der Waals surface area contributed by atoms with Crippen molar-refractivity contribution in [2.75, 3.05) is 44.2 Å². The number of anilines is 1. The fraction of sp³-hybridized carbons (Fsp3) is 0.562. The van der Waals surface area contributed by atoms with Crippen molar-refractivity contribution in [1.82, 2.24) is 10.2 Å². The number of halogens is 1. The summed E-state index contributed by atoms with van der Waals surface area (Å²) in [6, 6.07) is 10.5. The van der Waals surface area contributed by atoms with E-state index < -0.39 is 0 Å². The Balaban J connectivity index is 0.00000161. The van der Waals surface area contributed by atoms with Crippen LogP contribution in [0.1, 0.15) is 12.8 Å². The van der Waals surface area contributed by atoms with Gasteiger partial charge in [-0.3, -0.25) is 4.79 Å². The molecule has 2 fully saturated rings. The first kappa shape index (κ1) is 16.1. The highest BCUT2D eigenvalue weighted by Crippen LogP contribution is 2.19. The number of hydrogen-bond acceptors (Lipinski definition) is 3. The van der Waals surface area contributed by atoms with E-state index in [1.54, 1.807) is 0 Å². The van der Waals surface area contributed by atoms with E-state index in [-0.39, 0.29) is 18.3 Å². The van der Waals surface area contributed by atoms with E-state index in [2.05, 4.69) is 39.4 Å². The van der Waals surface area contributed by atoms with E-state index in [1.807, 2.05) is 6.07 Å². The molecular formula is C16H24ClN3O. The Kier molecular flexibility index (Phi) is 5.88. The molecule has 0 spiro atoms. The molecule has 0 radical (unpaired) electrons. The first-order valence-electron chi connectivity index (χ1n) is 7.64. The Bertz CT molecular complexity index is 440. The average molecular weight is 310 g/mol. The number of nitrogens with zero attached hydrogens (tertiary/aromatic N) is 2. The summed E-state index contributed by atoms with van der Waals surface area (Å²) >= 11 is 0. The van der Waals surface area contributed by atoms with Crippen LogP contribution in [-0.2, 0) is 4.79 Å². The highest BCUT2D eigenvalue weighted by molar-refractivity contribution is 5.85. The lowest BCUT2D eigenvalue weighted by Gasteiger charge is -2.38. The van der Waals surface area contributed by atoms with E-state index in [9.17, 15) is 4.79 Å². The molecule has 2 saturated heterocycles. The molecule has 0 unspecified atom stereocenters. The van der Waals surface area contributed by atoms with Gasteiger partial charge in [-0.2, -0.15) is 0 Å². The second-order valence-electron chi connectivity index (χ2n) is 5.67. The minimum atomic E-state index is 0. The number of nitrogens with one attached hydrogen (secondary N) is 1. The molecule has 1 amide bonds. The van der Waals surface area contributed by atoms with E-state index in [0.29, 0.717) is 5.91 Å². The fourth-order valence-electron chi connectivity index (χ4n) is 3.15. The van der Waals surface area contributed by atoms with Gasteiger partial charge in [0.25, 0.3) is 0 Å². The van der Waals surface area contributed by atoms with Crippen molar-refractivity contribution in [3.8, 4) is 0 Å². The molecule has 116 valence electrons. The minimum absolute atomic E-state index is 0. The first-order valence-corrected chi connectivity index (χ1v) is 7.64. The van der Waals surface area contributed by atoms with Crippen LogP contribution in [0.4, 0.5) is 5.69 Å². The summed E-state index contributed by atoms with van der Waals surface area (Å²) in [4.78, 5) is 16.9. The molecule has 21 heavy (non-hydrogen) atoms. The fourth-order valence-corrected chi connectivity index (χ4v) is 3.15. The van der Waals surface area contributed by atoms with Gasteiger partial charge in [-0.15, -0.1) is 12.4 Å². The number of carbonyl (C=O) groups excluding carboxylic acids is 1. The standard InChI is InChI=1S/C16H23N3O.ClH/c20-16(14-6-8-17-9-7-14)19-12-10-18(11-13-19)15-4-2-1-3-5-15;/h1-5,14,17H,6-13H2;1H. The third-order valence-corrected chi connectivity index (χ3v) is 4.40. The quantitative estimate of drug-likeness (QED) is 0.904. The molecule has 1 aromatic carbocycles. The zero-order valence-electron chi connectivity index (χ0n) is 12.3. The number of para-hydroxylation sites is 1. The average Bonchev–Trinajstić information content (AvgIpc) is 2.56. The van der Waals surface area contributed by atoms with Crippen molar-refractivity contribution in [3.63, 3.8) is 0 Å². The van der Waals surface area contributed by atoms with Gasteiger partial charge < -0.3 is 15.1 Å². The number of hydrogen-bond donors (Lipinski definition) is 1. The minimum Gasteiger partial charge on any atom is -0.368 e. The molecule has 0 aromatic heterocycles. The van der Waals surface area contributed by atoms with Gasteiger partial charge >= 0.3 is 0 Å². The molecule has 3 rings (SSSR count). The van der Waals surface area contributed by atoms with Gasteiger partial charge in [0.2, 0.25) is 5.91 Å². The summed E-state index contributed by atoms with van der Waals surface area (Å²) in [6.07, 6.45) is 2.00. The van der Waals surface area contributed by atoms with Gasteiger partial charge in [0.05, 0.1) is 0 Å². The van der Waals surface area contributed by atoms with Crippen molar-refractivity contribution in [2.24, 2.45) is 5.92 Å². The summed E-state index contributed by atoms with van der Waals surface area (Å²) < 4.78 is 0. The van der Waals surface area contributed by atoms with Crippen molar-refractivity contribution < 1.29 is 4.79 Å². The lowest BCUT2D eigenvalue weighted by molar-refractivity contribution is -0.136. The SMILES string of the molecule is Cl.O=C(C1CCNCC1)N1CCN(c2ccccc2)CC1. The topological polar surface area (TPSA) is 35.6 Å². The van der Waals surface area contributed by atoms with E-state index in [4.69, 9.17) is 0 Å². The Hall–Kier alpha value is -1.26. The maximum Gasteiger partial charge on any atom is 0.225 e. The van der Waals surface area contributed by atoms with Crippen LogP contribution in [0.25, 0.3) is 0 Å². The predicted molar refractivity (Wildman–Crippen MR) is 88.1 cm³/mol. The second kappa shape index (κ2) is 7.66. The Morgan fingerprint density at radius 3 is 2.24 bits per heavy atom. The number of amides is 1. The molecule has 2 heterocycles. The lowest BCUT2D eigenvalue weighted by Crippen LogP contribution is -2.51. The summed E-state index contributed by atoms with van der Waals surface area (Å²) in [5.74, 6) is 0.624. The number of piperazine rings is 1. The number of benzene rings is 1. The Morgan fingerprint density at radius 1 is 1.00 bits per heavy atom. The summed E-state index contributed by atoms with van der Waals surface area (Å²) in [6.45, 7) is 5.58. The second-order valence-corrected chi connectivity index (χ2v) is 5.67. The third kappa shape index (κ3) is 3.89. The van der Waals surface area contributed by atoms with Crippen molar-refractivity contribution >= 4 is 24.0 Å². The number of rotatable bonds is 2. The number of piperidine rings is 1. The monoisotopic (exact) mass is 309 g/mol. The highest BCUT2D eigenvalue weighted by atomic mass is 35.5. The van der Waals surface area contributed by atoms with Crippen LogP contribution in [0.5, 0.6) is 0 Å². The van der Waals surface area contributed by atoms with Crippen LogP contribution >= 0.6 is 12.4 Å². The van der Waals surface area contributed by atoms with Crippen LogP contribution in [0, 0.1) is 5.92 Å². The normalized spacial score (nSPS) is 20.0. The lowest BCUT2D eigenvalue weighted by atomic mass is 9.96. The molecule has 0 saturated carbocycles. The Morgan fingerprint density at radius 2 is 1.62 bits per heavy atom. The molecule has 4 nitrogen and oxygen atoms in total. The van der Waals surface area contributed by atoms with Gasteiger partial charge in [-0.05, 0) is 38.1 Å².